The van der Waals surface area contributed by atoms with Crippen molar-refractivity contribution in [1.82, 2.24) is 16.0 Å². The first-order valence-electron chi connectivity index (χ1n) is 8.47. The molecule has 0 fully saturated rings. The highest BCUT2D eigenvalue weighted by Crippen LogP contribution is 2.12. The Morgan fingerprint density at radius 1 is 1.07 bits per heavy atom. The van der Waals surface area contributed by atoms with E-state index in [0.717, 1.165) is 0 Å². The zero-order valence-corrected chi connectivity index (χ0v) is 15.8. The Bertz CT molecular complexity index is 672. The third kappa shape index (κ3) is 7.35. The van der Waals surface area contributed by atoms with Crippen LogP contribution in [-0.2, 0) is 14.3 Å². The third-order valence-electron chi connectivity index (χ3n) is 3.50. The highest BCUT2D eigenvalue weighted by molar-refractivity contribution is 5.98. The normalized spacial score (nSPS) is 11.3. The highest BCUT2D eigenvalue weighted by atomic mass is 16.5. The largest absolute Gasteiger partial charge is 0.497 e. The van der Waals surface area contributed by atoms with Gasteiger partial charge in [0, 0.05) is 12.1 Å². The maximum absolute atomic E-state index is 12.3. The minimum atomic E-state index is -0.947. The molecule has 148 valence electrons. The van der Waals surface area contributed by atoms with Crippen LogP contribution in [0.3, 0.4) is 0 Å². The second-order valence-corrected chi connectivity index (χ2v) is 5.94. The molecule has 1 atom stereocenters. The van der Waals surface area contributed by atoms with Crippen LogP contribution < -0.4 is 20.7 Å². The van der Waals surface area contributed by atoms with Crippen LogP contribution in [0.1, 0.15) is 31.1 Å². The number of nitrogens with one attached hydrogen (secondary N) is 3. The summed E-state index contributed by atoms with van der Waals surface area (Å²) in [6, 6.07) is 4.77. The van der Waals surface area contributed by atoms with E-state index in [1.165, 1.54) is 7.11 Å². The Hall–Kier alpha value is -3.10. The van der Waals surface area contributed by atoms with Gasteiger partial charge in [0.2, 0.25) is 0 Å². The van der Waals surface area contributed by atoms with Gasteiger partial charge in [-0.05, 0) is 37.1 Å². The molecule has 4 amide bonds. The van der Waals surface area contributed by atoms with Gasteiger partial charge in [-0.25, -0.2) is 9.59 Å². The number of carbonyl (C=O) groups is 4. The first kappa shape index (κ1) is 21.9. The molecule has 9 nitrogen and oxygen atoms in total. The fourth-order valence-corrected chi connectivity index (χ4v) is 2.06. The molecule has 0 bridgehead atoms. The van der Waals surface area contributed by atoms with Gasteiger partial charge in [-0.3, -0.25) is 14.9 Å². The molecule has 27 heavy (non-hydrogen) atoms. The van der Waals surface area contributed by atoms with E-state index in [2.05, 4.69) is 10.6 Å². The number of esters is 1. The van der Waals surface area contributed by atoms with Gasteiger partial charge in [0.1, 0.15) is 11.8 Å². The number of benzene rings is 1. The first-order valence-corrected chi connectivity index (χ1v) is 8.47. The van der Waals surface area contributed by atoms with Gasteiger partial charge in [-0.15, -0.1) is 0 Å². The first-order chi connectivity index (χ1) is 12.8. The lowest BCUT2D eigenvalue weighted by Gasteiger charge is -2.20. The molecular weight excluding hydrogens is 354 g/mol. The van der Waals surface area contributed by atoms with Crippen LogP contribution in [0.25, 0.3) is 0 Å². The number of hydrogen-bond donors (Lipinski definition) is 3. The molecule has 0 aromatic heterocycles. The Labute approximate surface area is 157 Å². The van der Waals surface area contributed by atoms with Crippen molar-refractivity contribution in [2.24, 2.45) is 5.92 Å². The molecule has 0 unspecified atom stereocenters. The summed E-state index contributed by atoms with van der Waals surface area (Å²) in [6.45, 7) is 4.89. The summed E-state index contributed by atoms with van der Waals surface area (Å²) >= 11 is 0. The fourth-order valence-electron chi connectivity index (χ4n) is 2.06. The molecule has 1 aromatic rings. The predicted octanol–water partition coefficient (Wildman–Crippen LogP) is 0.839. The number of imide groups is 1. The van der Waals surface area contributed by atoms with Crippen LogP contribution in [0.2, 0.25) is 0 Å². The van der Waals surface area contributed by atoms with Crippen LogP contribution in [0.15, 0.2) is 24.3 Å². The van der Waals surface area contributed by atoms with Crippen molar-refractivity contribution in [3.63, 3.8) is 0 Å². The van der Waals surface area contributed by atoms with Crippen LogP contribution >= 0.6 is 0 Å². The molecule has 0 spiro atoms. The Kier molecular flexibility index (Phi) is 8.77. The summed E-state index contributed by atoms with van der Waals surface area (Å²) in [6.07, 6.45) is 0. The van der Waals surface area contributed by atoms with E-state index in [9.17, 15) is 19.2 Å². The average Bonchev–Trinajstić information content (AvgIpc) is 2.63. The maximum atomic E-state index is 12.3. The highest BCUT2D eigenvalue weighted by Gasteiger charge is 2.27. The number of urea groups is 1. The quantitative estimate of drug-likeness (QED) is 0.575. The molecule has 0 radical (unpaired) electrons. The van der Waals surface area contributed by atoms with Crippen molar-refractivity contribution in [1.29, 1.82) is 0 Å². The van der Waals surface area contributed by atoms with E-state index in [1.54, 1.807) is 45.0 Å². The molecule has 1 rings (SSSR count). The minimum absolute atomic E-state index is 0.272. The number of methoxy groups -OCH3 is 1. The minimum Gasteiger partial charge on any atom is -0.497 e. The van der Waals surface area contributed by atoms with Gasteiger partial charge < -0.3 is 20.1 Å². The Morgan fingerprint density at radius 2 is 1.70 bits per heavy atom. The summed E-state index contributed by atoms with van der Waals surface area (Å²) in [4.78, 5) is 47.4. The number of ether oxygens (including phenoxy) is 2. The van der Waals surface area contributed by atoms with Crippen LogP contribution in [0.4, 0.5) is 4.79 Å². The van der Waals surface area contributed by atoms with Gasteiger partial charge >= 0.3 is 12.0 Å². The maximum Gasteiger partial charge on any atom is 0.329 e. The summed E-state index contributed by atoms with van der Waals surface area (Å²) in [5, 5.41) is 6.99. The summed E-state index contributed by atoms with van der Waals surface area (Å²) in [5.41, 5.74) is 0.350. The van der Waals surface area contributed by atoms with Gasteiger partial charge in [0.15, 0.2) is 6.61 Å². The van der Waals surface area contributed by atoms with Crippen molar-refractivity contribution in [3.05, 3.63) is 29.8 Å². The molecule has 0 aliphatic carbocycles. The van der Waals surface area contributed by atoms with Crippen LogP contribution in [-0.4, -0.2) is 50.1 Å². The predicted molar refractivity (Wildman–Crippen MR) is 97.3 cm³/mol. The molecule has 0 saturated heterocycles. The number of rotatable bonds is 8. The summed E-state index contributed by atoms with van der Waals surface area (Å²) in [5.74, 6) is -1.66. The van der Waals surface area contributed by atoms with E-state index >= 15 is 0 Å². The van der Waals surface area contributed by atoms with E-state index in [4.69, 9.17) is 9.47 Å². The van der Waals surface area contributed by atoms with E-state index in [1.807, 2.05) is 5.32 Å². The van der Waals surface area contributed by atoms with Crippen molar-refractivity contribution in [3.8, 4) is 5.75 Å². The van der Waals surface area contributed by atoms with Gasteiger partial charge in [-0.1, -0.05) is 13.8 Å². The molecule has 0 heterocycles. The SMILES string of the molecule is CCNC(=O)NC(=O)COC(=O)[C@@H](NC(=O)c1ccc(OC)cc1)C(C)C. The number of amides is 4. The molecule has 0 aliphatic heterocycles. The zero-order valence-electron chi connectivity index (χ0n) is 15.8. The molecule has 0 saturated carbocycles. The number of carbonyl (C=O) groups excluding carboxylic acids is 4. The smallest absolute Gasteiger partial charge is 0.329 e. The Morgan fingerprint density at radius 3 is 2.22 bits per heavy atom. The molecule has 3 N–H and O–H groups in total. The molecule has 9 heteroatoms. The lowest BCUT2D eigenvalue weighted by atomic mass is 10.0. The van der Waals surface area contributed by atoms with E-state index in [0.29, 0.717) is 17.9 Å². The van der Waals surface area contributed by atoms with Crippen molar-refractivity contribution < 1.29 is 28.7 Å². The van der Waals surface area contributed by atoms with Crippen LogP contribution in [0, 0.1) is 5.92 Å². The second-order valence-electron chi connectivity index (χ2n) is 5.94. The van der Waals surface area contributed by atoms with Crippen molar-refractivity contribution in [2.45, 2.75) is 26.8 Å². The standard InChI is InChI=1S/C18H25N3O6/c1-5-19-18(25)20-14(22)10-27-17(24)15(11(2)3)21-16(23)12-6-8-13(26-4)9-7-12/h6-9,11,15H,5,10H2,1-4H3,(H,21,23)(H2,19,20,22,25)/t15-/m0/s1. The van der Waals surface area contributed by atoms with Gasteiger partial charge in [-0.2, -0.15) is 0 Å². The zero-order chi connectivity index (χ0) is 20.4. The average molecular weight is 379 g/mol. The lowest BCUT2D eigenvalue weighted by Crippen LogP contribution is -2.47. The molecule has 0 aliphatic rings. The number of hydrogen-bond acceptors (Lipinski definition) is 6. The monoisotopic (exact) mass is 379 g/mol. The topological polar surface area (TPSA) is 123 Å². The summed E-state index contributed by atoms with van der Waals surface area (Å²) < 4.78 is 9.95. The van der Waals surface area contributed by atoms with Gasteiger partial charge in [0.25, 0.3) is 11.8 Å². The Balaban J connectivity index is 2.63. The molecular formula is C18H25N3O6. The van der Waals surface area contributed by atoms with Crippen molar-refractivity contribution >= 4 is 23.8 Å². The summed E-state index contributed by atoms with van der Waals surface area (Å²) in [7, 11) is 1.52. The van der Waals surface area contributed by atoms with Crippen LogP contribution in [0.5, 0.6) is 5.75 Å². The van der Waals surface area contributed by atoms with Gasteiger partial charge in [0.05, 0.1) is 7.11 Å². The van der Waals surface area contributed by atoms with Crippen molar-refractivity contribution in [2.75, 3.05) is 20.3 Å². The third-order valence-corrected chi connectivity index (χ3v) is 3.50. The van der Waals surface area contributed by atoms with E-state index < -0.39 is 36.5 Å². The second kappa shape index (κ2) is 10.8. The fraction of sp³-hybridized carbons (Fsp3) is 0.444. The molecule has 1 aromatic carbocycles. The lowest BCUT2D eigenvalue weighted by molar-refractivity contribution is -0.151. The van der Waals surface area contributed by atoms with E-state index in [-0.39, 0.29) is 5.92 Å².